The van der Waals surface area contributed by atoms with E-state index in [1.54, 1.807) is 6.92 Å². The van der Waals surface area contributed by atoms with E-state index >= 15 is 0 Å². The highest BCUT2D eigenvalue weighted by atomic mass is 32.2. The number of non-ortho nitro benzene ring substituents is 1. The highest BCUT2D eigenvalue weighted by molar-refractivity contribution is 7.89. The molecule has 1 fully saturated rings. The standard InChI is InChI=1S/C15H21N3O6S/c1-12-3-4-13(18(20)21)11-14(12)25(22,23)17-9-7-16(8-10-17)6-5-15(19)24-2/h3-4,11H,5-10H2,1-2H3. The zero-order chi connectivity index (χ0) is 18.6. The number of methoxy groups -OCH3 is 1. The first kappa shape index (κ1) is 19.3. The number of carbonyl (C=O) groups is 1. The van der Waals surface area contributed by atoms with Crippen LogP contribution in [0.2, 0.25) is 0 Å². The maximum Gasteiger partial charge on any atom is 0.306 e. The van der Waals surface area contributed by atoms with E-state index in [1.807, 2.05) is 4.90 Å². The van der Waals surface area contributed by atoms with Crippen molar-refractivity contribution in [2.45, 2.75) is 18.2 Å². The molecule has 1 saturated heterocycles. The molecule has 0 unspecified atom stereocenters. The van der Waals surface area contributed by atoms with Gasteiger partial charge in [-0.2, -0.15) is 4.31 Å². The number of sulfonamides is 1. The van der Waals surface area contributed by atoms with E-state index in [4.69, 9.17) is 0 Å². The molecule has 0 spiro atoms. The molecule has 10 heteroatoms. The van der Waals surface area contributed by atoms with E-state index in [0.717, 1.165) is 6.07 Å². The summed E-state index contributed by atoms with van der Waals surface area (Å²) in [4.78, 5) is 23.4. The zero-order valence-electron chi connectivity index (χ0n) is 14.2. The Balaban J connectivity index is 2.08. The van der Waals surface area contributed by atoms with Gasteiger partial charge in [0, 0.05) is 44.9 Å². The lowest BCUT2D eigenvalue weighted by molar-refractivity contribution is -0.385. The Kier molecular flexibility index (Phi) is 6.09. The van der Waals surface area contributed by atoms with Gasteiger partial charge in [0.1, 0.15) is 0 Å². The molecular formula is C15H21N3O6S. The van der Waals surface area contributed by atoms with Crippen molar-refractivity contribution in [1.82, 2.24) is 9.21 Å². The lowest BCUT2D eigenvalue weighted by atomic mass is 10.2. The van der Waals surface area contributed by atoms with Crippen LogP contribution in [0.1, 0.15) is 12.0 Å². The molecule has 0 radical (unpaired) electrons. The van der Waals surface area contributed by atoms with E-state index in [2.05, 4.69) is 4.74 Å². The SMILES string of the molecule is COC(=O)CCN1CCN(S(=O)(=O)c2cc([N+](=O)[O-])ccc2C)CC1. The van der Waals surface area contributed by atoms with Crippen LogP contribution in [0, 0.1) is 17.0 Å². The van der Waals surface area contributed by atoms with Gasteiger partial charge in [-0.25, -0.2) is 8.42 Å². The number of rotatable bonds is 6. The maximum absolute atomic E-state index is 12.8. The molecule has 1 aromatic rings. The molecule has 0 amide bonds. The smallest absolute Gasteiger partial charge is 0.306 e. The summed E-state index contributed by atoms with van der Waals surface area (Å²) in [6.45, 7) is 3.64. The average Bonchev–Trinajstić information content (AvgIpc) is 2.60. The number of esters is 1. The molecule has 0 aliphatic carbocycles. The summed E-state index contributed by atoms with van der Waals surface area (Å²) < 4.78 is 31.5. The van der Waals surface area contributed by atoms with Crippen LogP contribution in [0.3, 0.4) is 0 Å². The molecule has 25 heavy (non-hydrogen) atoms. The fourth-order valence-corrected chi connectivity index (χ4v) is 4.33. The largest absolute Gasteiger partial charge is 0.469 e. The summed E-state index contributed by atoms with van der Waals surface area (Å²) in [5.74, 6) is -0.303. The minimum Gasteiger partial charge on any atom is -0.469 e. The number of nitro benzene ring substituents is 1. The van der Waals surface area contributed by atoms with Gasteiger partial charge in [0.05, 0.1) is 23.3 Å². The number of benzene rings is 1. The number of carbonyl (C=O) groups excluding carboxylic acids is 1. The molecule has 138 valence electrons. The van der Waals surface area contributed by atoms with Gasteiger partial charge in [0.15, 0.2) is 0 Å². The van der Waals surface area contributed by atoms with Crippen molar-refractivity contribution in [2.24, 2.45) is 0 Å². The molecule has 0 aromatic heterocycles. The molecule has 1 aliphatic rings. The third kappa shape index (κ3) is 4.53. The third-order valence-corrected chi connectivity index (χ3v) is 6.23. The molecule has 1 aliphatic heterocycles. The first-order valence-electron chi connectivity index (χ1n) is 7.80. The predicted molar refractivity (Wildman–Crippen MR) is 89.7 cm³/mol. The Morgan fingerprint density at radius 3 is 2.48 bits per heavy atom. The quantitative estimate of drug-likeness (QED) is 0.413. The van der Waals surface area contributed by atoms with Crippen molar-refractivity contribution in [1.29, 1.82) is 0 Å². The minimum atomic E-state index is -3.80. The summed E-state index contributed by atoms with van der Waals surface area (Å²) in [6.07, 6.45) is 0.257. The second-order valence-corrected chi connectivity index (χ2v) is 7.69. The molecule has 1 aromatic carbocycles. The van der Waals surface area contributed by atoms with Gasteiger partial charge in [-0.3, -0.25) is 14.9 Å². The highest BCUT2D eigenvalue weighted by Gasteiger charge is 2.30. The lowest BCUT2D eigenvalue weighted by Crippen LogP contribution is -2.49. The molecule has 0 saturated carbocycles. The van der Waals surface area contributed by atoms with Crippen LogP contribution >= 0.6 is 0 Å². The van der Waals surface area contributed by atoms with Crippen LogP contribution in [-0.2, 0) is 19.6 Å². The maximum atomic E-state index is 12.8. The lowest BCUT2D eigenvalue weighted by Gasteiger charge is -2.33. The van der Waals surface area contributed by atoms with Crippen molar-refractivity contribution in [3.63, 3.8) is 0 Å². The second-order valence-electron chi connectivity index (χ2n) is 5.78. The Hall–Kier alpha value is -2.04. The Bertz CT molecular complexity index is 757. The normalized spacial score (nSPS) is 16.6. The van der Waals surface area contributed by atoms with Gasteiger partial charge in [0.25, 0.3) is 5.69 Å². The van der Waals surface area contributed by atoms with Crippen LogP contribution in [-0.4, -0.2) is 68.3 Å². The highest BCUT2D eigenvalue weighted by Crippen LogP contribution is 2.25. The number of hydrogen-bond acceptors (Lipinski definition) is 7. The van der Waals surface area contributed by atoms with Gasteiger partial charge in [-0.15, -0.1) is 0 Å². The van der Waals surface area contributed by atoms with Crippen molar-refractivity contribution in [3.8, 4) is 0 Å². The van der Waals surface area contributed by atoms with E-state index in [-0.39, 0.29) is 36.1 Å². The van der Waals surface area contributed by atoms with Crippen LogP contribution in [0.15, 0.2) is 23.1 Å². The van der Waals surface area contributed by atoms with Gasteiger partial charge < -0.3 is 9.64 Å². The molecular weight excluding hydrogens is 350 g/mol. The first-order chi connectivity index (χ1) is 11.8. The van der Waals surface area contributed by atoms with Crippen molar-refractivity contribution in [2.75, 3.05) is 39.8 Å². The number of piperazine rings is 1. The molecule has 9 nitrogen and oxygen atoms in total. The molecule has 0 N–H and O–H groups in total. The van der Waals surface area contributed by atoms with Crippen molar-refractivity contribution < 1.29 is 22.9 Å². The summed E-state index contributed by atoms with van der Waals surface area (Å²) in [5.41, 5.74) is 0.222. The second kappa shape index (κ2) is 7.89. The fraction of sp³-hybridized carbons (Fsp3) is 0.533. The number of nitrogens with zero attached hydrogens (tertiary/aromatic N) is 3. The third-order valence-electron chi connectivity index (χ3n) is 4.19. The summed E-state index contributed by atoms with van der Waals surface area (Å²) in [6, 6.07) is 3.84. The van der Waals surface area contributed by atoms with E-state index < -0.39 is 14.9 Å². The van der Waals surface area contributed by atoms with Gasteiger partial charge in [-0.05, 0) is 12.5 Å². The van der Waals surface area contributed by atoms with Crippen molar-refractivity contribution >= 4 is 21.7 Å². The van der Waals surface area contributed by atoms with Crippen LogP contribution in [0.25, 0.3) is 0 Å². The van der Waals surface area contributed by atoms with Crippen LogP contribution in [0.5, 0.6) is 0 Å². The van der Waals surface area contributed by atoms with Gasteiger partial charge >= 0.3 is 5.97 Å². The predicted octanol–water partition coefficient (Wildman–Crippen LogP) is 0.773. The molecule has 0 bridgehead atoms. The van der Waals surface area contributed by atoms with E-state index in [0.29, 0.717) is 25.2 Å². The van der Waals surface area contributed by atoms with E-state index in [9.17, 15) is 23.3 Å². The van der Waals surface area contributed by atoms with Crippen molar-refractivity contribution in [3.05, 3.63) is 33.9 Å². The first-order valence-corrected chi connectivity index (χ1v) is 9.24. The van der Waals surface area contributed by atoms with Crippen LogP contribution < -0.4 is 0 Å². The summed E-state index contributed by atoms with van der Waals surface area (Å²) in [7, 11) is -2.47. The molecule has 0 atom stereocenters. The monoisotopic (exact) mass is 371 g/mol. The fourth-order valence-electron chi connectivity index (χ4n) is 2.66. The summed E-state index contributed by atoms with van der Waals surface area (Å²) in [5, 5.41) is 10.9. The van der Waals surface area contributed by atoms with Gasteiger partial charge in [0.2, 0.25) is 10.0 Å². The number of aryl methyl sites for hydroxylation is 1. The molecule has 2 rings (SSSR count). The van der Waals surface area contributed by atoms with E-state index in [1.165, 1.54) is 23.5 Å². The average molecular weight is 371 g/mol. The Labute approximate surface area is 146 Å². The van der Waals surface area contributed by atoms with Crippen LogP contribution in [0.4, 0.5) is 5.69 Å². The van der Waals surface area contributed by atoms with Gasteiger partial charge in [-0.1, -0.05) is 6.07 Å². The number of ether oxygens (including phenoxy) is 1. The summed E-state index contributed by atoms with van der Waals surface area (Å²) >= 11 is 0. The Morgan fingerprint density at radius 1 is 1.28 bits per heavy atom. The number of hydrogen-bond donors (Lipinski definition) is 0. The topological polar surface area (TPSA) is 110 Å². The number of nitro groups is 1. The molecule has 1 heterocycles. The Morgan fingerprint density at radius 2 is 1.92 bits per heavy atom. The zero-order valence-corrected chi connectivity index (χ0v) is 15.0. The minimum absolute atomic E-state index is 0.0373.